The second-order valence-corrected chi connectivity index (χ2v) is 7.69. The van der Waals surface area contributed by atoms with Crippen LogP contribution in [0.1, 0.15) is 11.0 Å². The summed E-state index contributed by atoms with van der Waals surface area (Å²) in [5, 5.41) is -2.59. The van der Waals surface area contributed by atoms with Crippen LogP contribution in [-0.2, 0) is 23.2 Å². The van der Waals surface area contributed by atoms with Gasteiger partial charge in [-0.15, -0.1) is 0 Å². The molecule has 0 aromatic carbocycles. The average molecular weight is 314 g/mol. The SMILES string of the molecule is Cn1cc(C(P(=O)(O)O)P(=O)(O)O)c(=O)n(C)c1=O. The molecule has 0 fully saturated rings. The van der Waals surface area contributed by atoms with Crippen LogP contribution in [0.25, 0.3) is 0 Å². The van der Waals surface area contributed by atoms with Gasteiger partial charge in [0.1, 0.15) is 0 Å². The maximum absolute atomic E-state index is 11.7. The minimum absolute atomic E-state index is 0.508. The first-order valence-electron chi connectivity index (χ1n) is 4.74. The van der Waals surface area contributed by atoms with E-state index in [4.69, 9.17) is 19.6 Å². The highest BCUT2D eigenvalue weighted by Gasteiger charge is 2.46. The number of hydrogen-bond acceptors (Lipinski definition) is 4. The summed E-state index contributed by atoms with van der Waals surface area (Å²) in [6.45, 7) is 0. The monoisotopic (exact) mass is 314 g/mol. The molecule has 0 aliphatic rings. The van der Waals surface area contributed by atoms with Gasteiger partial charge < -0.3 is 24.1 Å². The van der Waals surface area contributed by atoms with Crippen LogP contribution < -0.4 is 11.2 Å². The smallest absolute Gasteiger partial charge is 0.324 e. The molecule has 12 heteroatoms. The van der Waals surface area contributed by atoms with Crippen molar-refractivity contribution >= 4 is 15.2 Å². The molecule has 0 saturated heterocycles. The fraction of sp³-hybridized carbons (Fsp3) is 0.429. The largest absolute Gasteiger partial charge is 0.345 e. The number of nitrogens with zero attached hydrogens (tertiary/aromatic N) is 2. The van der Waals surface area contributed by atoms with Crippen molar-refractivity contribution in [1.29, 1.82) is 0 Å². The standard InChI is InChI=1S/C7H12N2O8P2/c1-8-3-4(5(10)9(2)7(8)11)6(18(12,13)14)19(15,16)17/h3,6H,1-2H3,(H2,12,13,14)(H2,15,16,17). The van der Waals surface area contributed by atoms with Gasteiger partial charge in [0.2, 0.25) is 0 Å². The van der Waals surface area contributed by atoms with Crippen LogP contribution in [0, 0.1) is 0 Å². The molecule has 0 bridgehead atoms. The molecule has 1 heterocycles. The Morgan fingerprint density at radius 2 is 1.47 bits per heavy atom. The van der Waals surface area contributed by atoms with E-state index in [-0.39, 0.29) is 0 Å². The van der Waals surface area contributed by atoms with Crippen molar-refractivity contribution in [2.24, 2.45) is 14.1 Å². The Balaban J connectivity index is 3.79. The van der Waals surface area contributed by atoms with Gasteiger partial charge in [0.05, 0.1) is 5.56 Å². The summed E-state index contributed by atoms with van der Waals surface area (Å²) in [6.07, 6.45) is 0.716. The van der Waals surface area contributed by atoms with Gasteiger partial charge in [-0.1, -0.05) is 0 Å². The molecule has 0 radical (unpaired) electrons. The Bertz CT molecular complexity index is 685. The molecular formula is C7H12N2O8P2. The molecule has 108 valence electrons. The molecule has 4 N–H and O–H groups in total. The number of rotatable bonds is 3. The van der Waals surface area contributed by atoms with E-state index in [1.807, 2.05) is 0 Å². The molecule has 19 heavy (non-hydrogen) atoms. The lowest BCUT2D eigenvalue weighted by Gasteiger charge is -2.20. The van der Waals surface area contributed by atoms with Crippen LogP contribution in [-0.4, -0.2) is 28.7 Å². The fourth-order valence-corrected chi connectivity index (χ4v) is 4.22. The molecule has 0 unspecified atom stereocenters. The van der Waals surface area contributed by atoms with E-state index >= 15 is 0 Å². The van der Waals surface area contributed by atoms with Gasteiger partial charge >= 0.3 is 20.9 Å². The number of hydrogen-bond donors (Lipinski definition) is 4. The highest BCUT2D eigenvalue weighted by molar-refractivity contribution is 7.70. The van der Waals surface area contributed by atoms with E-state index in [1.165, 1.54) is 7.05 Å². The first-order valence-corrected chi connectivity index (χ1v) is 8.10. The summed E-state index contributed by atoms with van der Waals surface area (Å²) in [7, 11) is -8.37. The van der Waals surface area contributed by atoms with Gasteiger partial charge in [0, 0.05) is 20.3 Å². The summed E-state index contributed by atoms with van der Waals surface area (Å²) in [6, 6.07) is 0. The first-order chi connectivity index (χ1) is 8.37. The Labute approximate surface area is 106 Å². The lowest BCUT2D eigenvalue weighted by atomic mass is 10.4. The first kappa shape index (κ1) is 16.0. The van der Waals surface area contributed by atoms with Crippen LogP contribution in [0.5, 0.6) is 0 Å². The normalized spacial score (nSPS) is 13.0. The summed E-state index contributed by atoms with van der Waals surface area (Å²) >= 11 is 0. The zero-order valence-corrected chi connectivity index (χ0v) is 11.7. The van der Waals surface area contributed by atoms with E-state index in [0.717, 1.165) is 11.6 Å². The third kappa shape index (κ3) is 3.11. The lowest BCUT2D eigenvalue weighted by Crippen LogP contribution is -2.39. The summed E-state index contributed by atoms with van der Waals surface area (Å²) in [4.78, 5) is 59.2. The van der Waals surface area contributed by atoms with Gasteiger partial charge in [0.15, 0.2) is 5.40 Å². The van der Waals surface area contributed by atoms with Crippen LogP contribution >= 0.6 is 15.2 Å². The zero-order chi connectivity index (χ0) is 15.2. The van der Waals surface area contributed by atoms with E-state index in [9.17, 15) is 18.7 Å². The fourth-order valence-electron chi connectivity index (χ4n) is 1.57. The average Bonchev–Trinajstić information content (AvgIpc) is 2.19. The van der Waals surface area contributed by atoms with Crippen LogP contribution in [0.2, 0.25) is 0 Å². The second kappa shape index (κ2) is 4.82. The van der Waals surface area contributed by atoms with Crippen molar-refractivity contribution in [3.63, 3.8) is 0 Å². The van der Waals surface area contributed by atoms with Gasteiger partial charge in [-0.05, 0) is 0 Å². The Morgan fingerprint density at radius 3 is 1.84 bits per heavy atom. The summed E-state index contributed by atoms with van der Waals surface area (Å²) in [5.41, 5.74) is -2.77. The Kier molecular flexibility index (Phi) is 4.07. The highest BCUT2D eigenvalue weighted by atomic mass is 31.2. The molecule has 0 saturated carbocycles. The van der Waals surface area contributed by atoms with E-state index in [1.54, 1.807) is 0 Å². The van der Waals surface area contributed by atoms with Crippen molar-refractivity contribution < 1.29 is 28.7 Å². The van der Waals surface area contributed by atoms with E-state index < -0.39 is 37.4 Å². The molecule has 1 aromatic heterocycles. The van der Waals surface area contributed by atoms with Gasteiger partial charge in [-0.2, -0.15) is 0 Å². The van der Waals surface area contributed by atoms with E-state index in [2.05, 4.69) is 0 Å². The maximum atomic E-state index is 11.7. The van der Waals surface area contributed by atoms with Crippen molar-refractivity contribution in [2.75, 3.05) is 0 Å². The minimum atomic E-state index is -5.29. The third-order valence-electron chi connectivity index (χ3n) is 2.39. The molecule has 0 aliphatic carbocycles. The number of aromatic nitrogens is 2. The Morgan fingerprint density at radius 1 is 1.05 bits per heavy atom. The summed E-state index contributed by atoms with van der Waals surface area (Å²) in [5.74, 6) is 0. The van der Waals surface area contributed by atoms with Crippen LogP contribution in [0.3, 0.4) is 0 Å². The molecule has 0 amide bonds. The third-order valence-corrected chi connectivity index (χ3v) is 6.02. The van der Waals surface area contributed by atoms with E-state index in [0.29, 0.717) is 10.8 Å². The van der Waals surface area contributed by atoms with Crippen molar-refractivity contribution in [3.8, 4) is 0 Å². The zero-order valence-electron chi connectivity index (χ0n) is 9.87. The topological polar surface area (TPSA) is 159 Å². The lowest BCUT2D eigenvalue weighted by molar-refractivity contribution is 0.339. The molecule has 0 aliphatic heterocycles. The molecule has 0 atom stereocenters. The van der Waals surface area contributed by atoms with Crippen LogP contribution in [0.4, 0.5) is 0 Å². The van der Waals surface area contributed by atoms with Crippen LogP contribution in [0.15, 0.2) is 15.8 Å². The minimum Gasteiger partial charge on any atom is -0.324 e. The molecule has 1 aromatic rings. The highest BCUT2D eigenvalue weighted by Crippen LogP contribution is 2.69. The summed E-state index contributed by atoms with van der Waals surface area (Å²) < 4.78 is 23.7. The van der Waals surface area contributed by atoms with Crippen molar-refractivity contribution in [2.45, 2.75) is 5.40 Å². The predicted molar refractivity (Wildman–Crippen MR) is 63.8 cm³/mol. The van der Waals surface area contributed by atoms with Gasteiger partial charge in [-0.25, -0.2) is 4.79 Å². The Hall–Kier alpha value is -1.02. The number of aryl methyl sites for hydroxylation is 1. The quantitative estimate of drug-likeness (QED) is 0.487. The van der Waals surface area contributed by atoms with Crippen molar-refractivity contribution in [3.05, 3.63) is 32.6 Å². The predicted octanol–water partition coefficient (Wildman–Crippen LogP) is -1.56. The molecular weight excluding hydrogens is 302 g/mol. The second-order valence-electron chi connectivity index (χ2n) is 3.89. The van der Waals surface area contributed by atoms with Gasteiger partial charge in [0.25, 0.3) is 5.56 Å². The molecule has 0 spiro atoms. The molecule has 10 nitrogen and oxygen atoms in total. The molecule has 1 rings (SSSR count). The van der Waals surface area contributed by atoms with Crippen molar-refractivity contribution in [1.82, 2.24) is 9.13 Å². The van der Waals surface area contributed by atoms with Gasteiger partial charge in [-0.3, -0.25) is 18.5 Å². The maximum Gasteiger partial charge on any atom is 0.345 e.